The van der Waals surface area contributed by atoms with Crippen molar-refractivity contribution < 1.29 is 40.8 Å². The van der Waals surface area contributed by atoms with Gasteiger partial charge in [-0.15, -0.1) is 0 Å². The van der Waals surface area contributed by atoms with Crippen molar-refractivity contribution >= 4 is 22.1 Å². The van der Waals surface area contributed by atoms with Crippen LogP contribution in [0, 0.1) is 0 Å². The molecule has 110 valence electrons. The summed E-state index contributed by atoms with van der Waals surface area (Å²) in [5, 5.41) is -4.56. The smallest absolute Gasteiger partial charge is 0.402 e. The third kappa shape index (κ3) is 6.82. The molecule has 0 aromatic rings. The van der Waals surface area contributed by atoms with E-state index in [1.165, 1.54) is 0 Å². The lowest BCUT2D eigenvalue weighted by molar-refractivity contribution is -0.150. The first-order chi connectivity index (χ1) is 8.60. The summed E-state index contributed by atoms with van der Waals surface area (Å²) < 4.78 is 62.2. The van der Waals surface area contributed by atoms with Gasteiger partial charge in [-0.25, -0.2) is 4.79 Å². The fourth-order valence-electron chi connectivity index (χ4n) is 0.759. The zero-order chi connectivity index (χ0) is 15.1. The maximum Gasteiger partial charge on any atom is 0.402 e. The van der Waals surface area contributed by atoms with Crippen LogP contribution in [0.4, 0.5) is 8.78 Å². The van der Waals surface area contributed by atoms with Gasteiger partial charge in [0.15, 0.2) is 6.61 Å². The number of esters is 2. The Kier molecular flexibility index (Phi) is 6.56. The van der Waals surface area contributed by atoms with E-state index in [4.69, 9.17) is 4.55 Å². The van der Waals surface area contributed by atoms with Gasteiger partial charge in [-0.3, -0.25) is 9.35 Å². The number of alkyl halides is 2. The van der Waals surface area contributed by atoms with Crippen LogP contribution in [0.25, 0.3) is 0 Å². The normalized spacial score (nSPS) is 11.7. The summed E-state index contributed by atoms with van der Waals surface area (Å²) in [5.74, 6) is -1.82. The van der Waals surface area contributed by atoms with Crippen LogP contribution in [-0.2, 0) is 29.2 Å². The Morgan fingerprint density at radius 1 is 1.32 bits per heavy atom. The van der Waals surface area contributed by atoms with Crippen molar-refractivity contribution in [3.63, 3.8) is 0 Å². The maximum absolute atomic E-state index is 12.6. The van der Waals surface area contributed by atoms with Crippen molar-refractivity contribution in [2.24, 2.45) is 0 Å². The molecule has 0 rings (SSSR count). The van der Waals surface area contributed by atoms with Gasteiger partial charge in [0.25, 0.3) is 0 Å². The summed E-state index contributed by atoms with van der Waals surface area (Å²) in [7, 11) is -5.63. The second-order valence-corrected chi connectivity index (χ2v) is 4.80. The predicted octanol–water partition coefficient (Wildman–Crippen LogP) is 0.520. The Balaban J connectivity index is 3.95. The molecule has 19 heavy (non-hydrogen) atoms. The monoisotopic (exact) mass is 302 g/mol. The van der Waals surface area contributed by atoms with Crippen LogP contribution < -0.4 is 0 Å². The lowest BCUT2D eigenvalue weighted by Gasteiger charge is -2.12. The molecule has 0 saturated carbocycles. The highest BCUT2D eigenvalue weighted by Crippen LogP contribution is 2.20. The molecule has 0 amide bonds. The van der Waals surface area contributed by atoms with Gasteiger partial charge in [-0.05, 0) is 6.42 Å². The number of carbonyl (C=O) groups is 2. The largest absolute Gasteiger partial charge is 0.463 e. The fraction of sp³-hybridized carbons (Fsp3) is 0.556. The number of ether oxygens (including phenoxy) is 2. The van der Waals surface area contributed by atoms with Crippen molar-refractivity contribution in [1.82, 2.24) is 0 Å². The minimum absolute atomic E-state index is 0.00978. The van der Waals surface area contributed by atoms with E-state index in [9.17, 15) is 26.8 Å². The maximum atomic E-state index is 12.6. The van der Waals surface area contributed by atoms with Gasteiger partial charge < -0.3 is 9.47 Å². The molecule has 0 heterocycles. The van der Waals surface area contributed by atoms with Crippen molar-refractivity contribution in [3.8, 4) is 0 Å². The van der Waals surface area contributed by atoms with E-state index >= 15 is 0 Å². The Labute approximate surface area is 107 Å². The highest BCUT2D eigenvalue weighted by Gasteiger charge is 2.45. The molecule has 0 aliphatic heterocycles. The number of halogens is 2. The Morgan fingerprint density at radius 3 is 2.37 bits per heavy atom. The molecule has 0 aromatic heterocycles. The summed E-state index contributed by atoms with van der Waals surface area (Å²) >= 11 is 0. The first-order valence-corrected chi connectivity index (χ1v) is 6.34. The van der Waals surface area contributed by atoms with Gasteiger partial charge in [0.2, 0.25) is 0 Å². The van der Waals surface area contributed by atoms with E-state index in [0.717, 1.165) is 6.08 Å². The van der Waals surface area contributed by atoms with Crippen molar-refractivity contribution in [1.29, 1.82) is 0 Å². The van der Waals surface area contributed by atoms with Crippen LogP contribution in [0.1, 0.15) is 12.8 Å². The summed E-state index contributed by atoms with van der Waals surface area (Å²) in [5.41, 5.74) is 0. The van der Waals surface area contributed by atoms with Gasteiger partial charge in [-0.2, -0.15) is 17.2 Å². The average molecular weight is 302 g/mol. The number of carbonyl (C=O) groups excluding carboxylic acids is 2. The van der Waals surface area contributed by atoms with Gasteiger partial charge in [0.1, 0.15) is 0 Å². The standard InChI is InChI=1S/C9H12F2O7S/c1-2-7(12)17-5-3-4-8(13)18-6-9(10,11)19(14,15)16/h2H,1,3-6H2,(H,14,15,16). The third-order valence-electron chi connectivity index (χ3n) is 1.71. The topological polar surface area (TPSA) is 107 Å². The molecular formula is C9H12F2O7S. The van der Waals surface area contributed by atoms with E-state index in [1.807, 2.05) is 0 Å². The van der Waals surface area contributed by atoms with E-state index < -0.39 is 33.9 Å². The van der Waals surface area contributed by atoms with Crippen LogP contribution in [0.3, 0.4) is 0 Å². The molecule has 10 heteroatoms. The third-order valence-corrected chi connectivity index (χ3v) is 2.59. The van der Waals surface area contributed by atoms with Crippen LogP contribution in [0.15, 0.2) is 12.7 Å². The zero-order valence-electron chi connectivity index (χ0n) is 9.67. The summed E-state index contributed by atoms with van der Waals surface area (Å²) in [6.07, 6.45) is 0.562. The van der Waals surface area contributed by atoms with Crippen LogP contribution >= 0.6 is 0 Å². The quantitative estimate of drug-likeness (QED) is 0.301. The molecule has 7 nitrogen and oxygen atoms in total. The van der Waals surface area contributed by atoms with E-state index in [2.05, 4.69) is 16.1 Å². The summed E-state index contributed by atoms with van der Waals surface area (Å²) in [6.45, 7) is 1.20. The van der Waals surface area contributed by atoms with E-state index in [1.54, 1.807) is 0 Å². The molecule has 0 unspecified atom stereocenters. The Morgan fingerprint density at radius 2 is 1.89 bits per heavy atom. The van der Waals surface area contributed by atoms with Gasteiger partial charge >= 0.3 is 27.3 Å². The second-order valence-electron chi connectivity index (χ2n) is 3.25. The van der Waals surface area contributed by atoms with Crippen LogP contribution in [-0.4, -0.2) is 43.4 Å². The van der Waals surface area contributed by atoms with E-state index in [0.29, 0.717) is 0 Å². The second kappa shape index (κ2) is 7.14. The lowest BCUT2D eigenvalue weighted by Crippen LogP contribution is -2.34. The minimum atomic E-state index is -5.63. The molecule has 0 saturated heterocycles. The summed E-state index contributed by atoms with van der Waals surface area (Å²) in [4.78, 5) is 21.5. The SMILES string of the molecule is C=CC(=O)OCCCC(=O)OCC(F)(F)S(=O)(=O)O. The molecule has 0 radical (unpaired) electrons. The first kappa shape index (κ1) is 17.4. The first-order valence-electron chi connectivity index (χ1n) is 4.90. The molecule has 0 aromatic carbocycles. The van der Waals surface area contributed by atoms with Crippen LogP contribution in [0.2, 0.25) is 0 Å². The number of rotatable bonds is 8. The molecule has 0 bridgehead atoms. The molecule has 0 aliphatic rings. The predicted molar refractivity (Wildman–Crippen MR) is 57.8 cm³/mol. The van der Waals surface area contributed by atoms with Crippen molar-refractivity contribution in [2.75, 3.05) is 13.2 Å². The molecule has 0 fully saturated rings. The van der Waals surface area contributed by atoms with E-state index in [-0.39, 0.29) is 19.4 Å². The molecular weight excluding hydrogens is 290 g/mol. The Hall–Kier alpha value is -1.55. The van der Waals surface area contributed by atoms with Crippen LogP contribution in [0.5, 0.6) is 0 Å². The number of hydrogen-bond acceptors (Lipinski definition) is 6. The Bertz CT molecular complexity index is 443. The highest BCUT2D eigenvalue weighted by atomic mass is 32.2. The summed E-state index contributed by atoms with van der Waals surface area (Å²) in [6, 6.07) is 0. The molecule has 0 atom stereocenters. The lowest BCUT2D eigenvalue weighted by atomic mass is 10.3. The zero-order valence-corrected chi connectivity index (χ0v) is 10.5. The fourth-order valence-corrected chi connectivity index (χ4v) is 0.967. The highest BCUT2D eigenvalue weighted by molar-refractivity contribution is 7.86. The van der Waals surface area contributed by atoms with Gasteiger partial charge in [0, 0.05) is 12.5 Å². The molecule has 0 aliphatic carbocycles. The molecule has 1 N–H and O–H groups in total. The van der Waals surface area contributed by atoms with Crippen molar-refractivity contribution in [2.45, 2.75) is 18.1 Å². The molecule has 0 spiro atoms. The minimum Gasteiger partial charge on any atom is -0.463 e. The van der Waals surface area contributed by atoms with Crippen molar-refractivity contribution in [3.05, 3.63) is 12.7 Å². The number of hydrogen-bond donors (Lipinski definition) is 1. The average Bonchev–Trinajstić information content (AvgIpc) is 2.30. The van der Waals surface area contributed by atoms with Gasteiger partial charge in [0.05, 0.1) is 6.61 Å². The van der Waals surface area contributed by atoms with Gasteiger partial charge in [-0.1, -0.05) is 6.58 Å².